The van der Waals surface area contributed by atoms with Gasteiger partial charge in [0.1, 0.15) is 17.2 Å². The van der Waals surface area contributed by atoms with Gasteiger partial charge in [0.05, 0.1) is 42.5 Å². The second-order valence-corrected chi connectivity index (χ2v) is 10.3. The van der Waals surface area contributed by atoms with Crippen LogP contribution in [0.15, 0.2) is 54.7 Å². The Hall–Kier alpha value is -3.33. The lowest BCUT2D eigenvalue weighted by molar-refractivity contribution is 0.0916. The number of amides is 1. The monoisotopic (exact) mass is 455 g/mol. The SMILES string of the molecule is COc1ccc(OC)c(-c2nn(-c3ccccc3)cc2C(=O)N[C@]2(C)CCS(=O)(=O)C2)c1. The number of methoxy groups -OCH3 is 2. The van der Waals surface area contributed by atoms with Crippen molar-refractivity contribution in [2.24, 2.45) is 0 Å². The lowest BCUT2D eigenvalue weighted by Gasteiger charge is -2.23. The Morgan fingerprint density at radius 2 is 1.88 bits per heavy atom. The molecule has 1 aliphatic rings. The Bertz CT molecular complexity index is 1250. The maximum atomic E-state index is 13.4. The summed E-state index contributed by atoms with van der Waals surface area (Å²) >= 11 is 0. The van der Waals surface area contributed by atoms with Gasteiger partial charge in [-0.25, -0.2) is 13.1 Å². The third kappa shape index (κ3) is 4.34. The smallest absolute Gasteiger partial charge is 0.255 e. The Labute approximate surface area is 187 Å². The third-order valence-electron chi connectivity index (χ3n) is 5.56. The molecule has 0 bridgehead atoms. The Morgan fingerprint density at radius 3 is 2.50 bits per heavy atom. The van der Waals surface area contributed by atoms with E-state index in [0.29, 0.717) is 34.7 Å². The van der Waals surface area contributed by atoms with Gasteiger partial charge >= 0.3 is 0 Å². The van der Waals surface area contributed by atoms with Crippen LogP contribution in [0.3, 0.4) is 0 Å². The number of sulfone groups is 1. The first-order valence-corrected chi connectivity index (χ1v) is 12.0. The number of ether oxygens (including phenoxy) is 2. The molecule has 32 heavy (non-hydrogen) atoms. The maximum absolute atomic E-state index is 13.4. The van der Waals surface area contributed by atoms with E-state index in [1.54, 1.807) is 50.2 Å². The van der Waals surface area contributed by atoms with Crippen LogP contribution >= 0.6 is 0 Å². The zero-order chi connectivity index (χ0) is 22.9. The second kappa shape index (κ2) is 8.31. The largest absolute Gasteiger partial charge is 0.497 e. The van der Waals surface area contributed by atoms with Crippen LogP contribution in [0.1, 0.15) is 23.7 Å². The fourth-order valence-corrected chi connectivity index (χ4v) is 5.99. The summed E-state index contributed by atoms with van der Waals surface area (Å²) in [7, 11) is -0.0696. The van der Waals surface area contributed by atoms with Crippen LogP contribution in [0.4, 0.5) is 0 Å². The molecule has 4 rings (SSSR count). The number of nitrogens with one attached hydrogen (secondary N) is 1. The summed E-state index contributed by atoms with van der Waals surface area (Å²) in [5.74, 6) is 0.703. The van der Waals surface area contributed by atoms with E-state index in [0.717, 1.165) is 5.69 Å². The van der Waals surface area contributed by atoms with Gasteiger partial charge in [-0.3, -0.25) is 4.79 Å². The summed E-state index contributed by atoms with van der Waals surface area (Å²) in [5, 5.41) is 7.61. The van der Waals surface area contributed by atoms with Crippen LogP contribution in [0.25, 0.3) is 16.9 Å². The molecular weight excluding hydrogens is 430 g/mol. The molecule has 1 N–H and O–H groups in total. The Balaban J connectivity index is 1.81. The quantitative estimate of drug-likeness (QED) is 0.614. The minimum Gasteiger partial charge on any atom is -0.497 e. The molecule has 168 valence electrons. The molecule has 1 amide bonds. The summed E-state index contributed by atoms with van der Waals surface area (Å²) in [6, 6.07) is 14.7. The van der Waals surface area contributed by atoms with Crippen molar-refractivity contribution in [3.63, 3.8) is 0 Å². The zero-order valence-electron chi connectivity index (χ0n) is 18.2. The number of rotatable bonds is 6. The van der Waals surface area contributed by atoms with Gasteiger partial charge < -0.3 is 14.8 Å². The van der Waals surface area contributed by atoms with Crippen molar-refractivity contribution >= 4 is 15.7 Å². The lowest BCUT2D eigenvalue weighted by Crippen LogP contribution is -2.47. The summed E-state index contributed by atoms with van der Waals surface area (Å²) in [4.78, 5) is 13.4. The van der Waals surface area contributed by atoms with Crippen LogP contribution in [0.2, 0.25) is 0 Å². The van der Waals surface area contributed by atoms with Crippen molar-refractivity contribution in [3.8, 4) is 28.4 Å². The number of carbonyl (C=O) groups excluding carboxylic acids is 1. The molecule has 2 heterocycles. The molecular formula is C23H25N3O5S. The van der Waals surface area contributed by atoms with Crippen molar-refractivity contribution < 1.29 is 22.7 Å². The molecule has 1 atom stereocenters. The predicted molar refractivity (Wildman–Crippen MR) is 121 cm³/mol. The van der Waals surface area contributed by atoms with Crippen molar-refractivity contribution in [3.05, 3.63) is 60.3 Å². The topological polar surface area (TPSA) is 99.5 Å². The molecule has 9 heteroatoms. The van der Waals surface area contributed by atoms with Crippen LogP contribution in [0.5, 0.6) is 11.5 Å². The number of para-hydroxylation sites is 1. The van der Waals surface area contributed by atoms with E-state index in [1.807, 2.05) is 30.3 Å². The van der Waals surface area contributed by atoms with E-state index in [1.165, 1.54) is 0 Å². The molecule has 1 aromatic heterocycles. The van der Waals surface area contributed by atoms with Crippen molar-refractivity contribution in [2.75, 3.05) is 25.7 Å². The van der Waals surface area contributed by atoms with Gasteiger partial charge in [-0.15, -0.1) is 0 Å². The van der Waals surface area contributed by atoms with E-state index in [4.69, 9.17) is 9.47 Å². The highest BCUT2D eigenvalue weighted by molar-refractivity contribution is 7.91. The number of nitrogens with zero attached hydrogens (tertiary/aromatic N) is 2. The molecule has 2 aromatic carbocycles. The first-order valence-electron chi connectivity index (χ1n) is 10.1. The van der Waals surface area contributed by atoms with Gasteiger partial charge in [-0.1, -0.05) is 18.2 Å². The highest BCUT2D eigenvalue weighted by Crippen LogP contribution is 2.35. The summed E-state index contributed by atoms with van der Waals surface area (Å²) in [6.07, 6.45) is 2.01. The number of hydrogen-bond acceptors (Lipinski definition) is 6. The molecule has 0 aliphatic carbocycles. The fourth-order valence-electron chi connectivity index (χ4n) is 3.90. The summed E-state index contributed by atoms with van der Waals surface area (Å²) in [6.45, 7) is 1.75. The van der Waals surface area contributed by atoms with E-state index in [-0.39, 0.29) is 11.5 Å². The normalized spacial score (nSPS) is 19.5. The van der Waals surface area contributed by atoms with Crippen molar-refractivity contribution in [2.45, 2.75) is 18.9 Å². The fraction of sp³-hybridized carbons (Fsp3) is 0.304. The number of hydrogen-bond donors (Lipinski definition) is 1. The van der Waals surface area contributed by atoms with Crippen LogP contribution in [-0.2, 0) is 9.84 Å². The van der Waals surface area contributed by atoms with E-state index in [2.05, 4.69) is 10.4 Å². The average molecular weight is 456 g/mol. The standard InChI is InChI=1S/C23H25N3O5S/c1-23(11-12-32(28,29)15-23)24-22(27)19-14-26(16-7-5-4-6-8-16)25-21(19)18-13-17(30-2)9-10-20(18)31-3/h4-10,13-14H,11-12,15H2,1-3H3,(H,24,27)/t23-/m1/s1. The van der Waals surface area contributed by atoms with Crippen LogP contribution in [0, 0.1) is 0 Å². The highest BCUT2D eigenvalue weighted by Gasteiger charge is 2.40. The summed E-state index contributed by atoms with van der Waals surface area (Å²) < 4.78 is 36.5. The summed E-state index contributed by atoms with van der Waals surface area (Å²) in [5.41, 5.74) is 1.26. The maximum Gasteiger partial charge on any atom is 0.255 e. The van der Waals surface area contributed by atoms with Crippen LogP contribution in [-0.4, -0.2) is 55.4 Å². The van der Waals surface area contributed by atoms with Crippen molar-refractivity contribution in [1.82, 2.24) is 15.1 Å². The lowest BCUT2D eigenvalue weighted by atomic mass is 10.0. The molecule has 8 nitrogen and oxygen atoms in total. The first-order chi connectivity index (χ1) is 15.2. The second-order valence-electron chi connectivity index (χ2n) is 8.09. The molecule has 0 saturated carbocycles. The Kier molecular flexibility index (Phi) is 5.68. The van der Waals surface area contributed by atoms with Gasteiger partial charge in [0.25, 0.3) is 5.91 Å². The Morgan fingerprint density at radius 1 is 1.12 bits per heavy atom. The van der Waals surface area contributed by atoms with E-state index < -0.39 is 21.3 Å². The van der Waals surface area contributed by atoms with Gasteiger partial charge in [-0.05, 0) is 43.7 Å². The highest BCUT2D eigenvalue weighted by atomic mass is 32.2. The van der Waals surface area contributed by atoms with Gasteiger partial charge in [0.15, 0.2) is 9.84 Å². The average Bonchev–Trinajstić information content (AvgIpc) is 3.34. The zero-order valence-corrected chi connectivity index (χ0v) is 19.0. The van der Waals surface area contributed by atoms with Gasteiger partial charge in [-0.2, -0.15) is 5.10 Å². The minimum atomic E-state index is -3.17. The van der Waals surface area contributed by atoms with Crippen molar-refractivity contribution in [1.29, 1.82) is 0 Å². The molecule has 0 spiro atoms. The predicted octanol–water partition coefficient (Wildman–Crippen LogP) is 2.86. The van der Waals surface area contributed by atoms with Gasteiger partial charge in [0, 0.05) is 11.8 Å². The molecule has 3 aromatic rings. The van der Waals surface area contributed by atoms with E-state index in [9.17, 15) is 13.2 Å². The van der Waals surface area contributed by atoms with Gasteiger partial charge in [0.2, 0.25) is 0 Å². The molecule has 1 fully saturated rings. The minimum absolute atomic E-state index is 0.0591. The van der Waals surface area contributed by atoms with Crippen LogP contribution < -0.4 is 14.8 Å². The number of benzene rings is 2. The third-order valence-corrected chi connectivity index (χ3v) is 7.46. The molecule has 0 unspecified atom stereocenters. The van der Waals surface area contributed by atoms with E-state index >= 15 is 0 Å². The number of carbonyl (C=O) groups is 1. The number of aromatic nitrogens is 2. The molecule has 1 saturated heterocycles. The molecule has 0 radical (unpaired) electrons. The molecule has 1 aliphatic heterocycles. The first kappa shape index (κ1) is 21.9.